The van der Waals surface area contributed by atoms with Gasteiger partial charge in [0.2, 0.25) is 0 Å². The molecule has 0 spiro atoms. The second-order valence-electron chi connectivity index (χ2n) is 7.28. The number of hydrogen-bond acceptors (Lipinski definition) is 4. The van der Waals surface area contributed by atoms with Gasteiger partial charge in [-0.2, -0.15) is 0 Å². The van der Waals surface area contributed by atoms with Gasteiger partial charge in [0.25, 0.3) is 5.91 Å². The normalized spacial score (nSPS) is 15.3. The largest absolute Gasteiger partial charge is 0.483 e. The van der Waals surface area contributed by atoms with Gasteiger partial charge in [0, 0.05) is 31.7 Å². The lowest BCUT2D eigenvalue weighted by atomic mass is 9.97. The van der Waals surface area contributed by atoms with Crippen molar-refractivity contribution in [3.05, 3.63) is 29.8 Å². The van der Waals surface area contributed by atoms with Crippen molar-refractivity contribution in [1.29, 1.82) is 0 Å². The molecule has 0 saturated carbocycles. The van der Waals surface area contributed by atoms with E-state index in [4.69, 9.17) is 4.74 Å². The molecule has 0 aliphatic carbocycles. The van der Waals surface area contributed by atoms with Gasteiger partial charge < -0.3 is 20.1 Å². The molecule has 1 aromatic rings. The number of aliphatic carboxylic acids is 1. The Labute approximate surface area is 155 Å². The Morgan fingerprint density at radius 2 is 1.92 bits per heavy atom. The first kappa shape index (κ1) is 20.2. The van der Waals surface area contributed by atoms with Gasteiger partial charge in [0.15, 0.2) is 6.61 Å². The standard InChI is InChI=1S/C20H30N2O4/c1-15(2)11-17(20(24)25)13-21-12-16-7-3-4-8-18(16)26-14-19(23)22-9-5-6-10-22/h3-4,7-8,15,17,21H,5-6,9-14H2,1-2H3,(H,24,25). The molecule has 26 heavy (non-hydrogen) atoms. The molecule has 1 saturated heterocycles. The number of para-hydroxylation sites is 1. The van der Waals surface area contributed by atoms with Gasteiger partial charge in [0.05, 0.1) is 5.92 Å². The second kappa shape index (κ2) is 10.2. The van der Waals surface area contributed by atoms with Crippen LogP contribution in [0.4, 0.5) is 0 Å². The Morgan fingerprint density at radius 3 is 2.58 bits per heavy atom. The van der Waals surface area contributed by atoms with Gasteiger partial charge >= 0.3 is 5.97 Å². The Kier molecular flexibility index (Phi) is 7.91. The molecule has 144 valence electrons. The molecular weight excluding hydrogens is 332 g/mol. The lowest BCUT2D eigenvalue weighted by Gasteiger charge is -2.18. The van der Waals surface area contributed by atoms with Crippen molar-refractivity contribution in [3.63, 3.8) is 0 Å². The zero-order valence-electron chi connectivity index (χ0n) is 15.7. The minimum absolute atomic E-state index is 0.0214. The predicted octanol–water partition coefficient (Wildman–Crippen LogP) is 2.52. The molecule has 1 aliphatic heterocycles. The highest BCUT2D eigenvalue weighted by Crippen LogP contribution is 2.19. The van der Waals surface area contributed by atoms with Gasteiger partial charge in [0.1, 0.15) is 5.75 Å². The van der Waals surface area contributed by atoms with Crippen LogP contribution in [0.5, 0.6) is 5.75 Å². The van der Waals surface area contributed by atoms with Crippen LogP contribution in [0.3, 0.4) is 0 Å². The average Bonchev–Trinajstić information content (AvgIpc) is 3.14. The number of rotatable bonds is 10. The first-order valence-corrected chi connectivity index (χ1v) is 9.39. The van der Waals surface area contributed by atoms with Crippen LogP contribution in [-0.4, -0.2) is 48.1 Å². The van der Waals surface area contributed by atoms with Gasteiger partial charge in [-0.1, -0.05) is 32.0 Å². The van der Waals surface area contributed by atoms with E-state index in [-0.39, 0.29) is 12.5 Å². The summed E-state index contributed by atoms with van der Waals surface area (Å²) in [7, 11) is 0. The van der Waals surface area contributed by atoms with E-state index in [0.717, 1.165) is 31.5 Å². The maximum absolute atomic E-state index is 12.1. The SMILES string of the molecule is CC(C)CC(CNCc1ccccc1OCC(=O)N1CCCC1)C(=O)O. The molecule has 2 N–H and O–H groups in total. The molecule has 6 nitrogen and oxygen atoms in total. The first-order chi connectivity index (χ1) is 12.5. The van der Waals surface area contributed by atoms with Crippen molar-refractivity contribution >= 4 is 11.9 Å². The maximum atomic E-state index is 12.1. The molecule has 1 amide bonds. The van der Waals surface area contributed by atoms with Gasteiger partial charge in [-0.15, -0.1) is 0 Å². The first-order valence-electron chi connectivity index (χ1n) is 9.39. The summed E-state index contributed by atoms with van der Waals surface area (Å²) in [6.45, 7) is 6.65. The van der Waals surface area contributed by atoms with E-state index in [1.807, 2.05) is 43.0 Å². The number of carboxylic acids is 1. The van der Waals surface area contributed by atoms with Crippen LogP contribution >= 0.6 is 0 Å². The fourth-order valence-electron chi connectivity index (χ4n) is 3.21. The number of nitrogens with one attached hydrogen (secondary N) is 1. The summed E-state index contributed by atoms with van der Waals surface area (Å²) in [4.78, 5) is 25.3. The summed E-state index contributed by atoms with van der Waals surface area (Å²) >= 11 is 0. The molecular formula is C20H30N2O4. The zero-order valence-corrected chi connectivity index (χ0v) is 15.7. The van der Waals surface area contributed by atoms with E-state index in [9.17, 15) is 14.7 Å². The monoisotopic (exact) mass is 362 g/mol. The molecule has 1 aromatic carbocycles. The number of hydrogen-bond donors (Lipinski definition) is 2. The lowest BCUT2D eigenvalue weighted by Crippen LogP contribution is -2.32. The van der Waals surface area contributed by atoms with Crippen molar-refractivity contribution < 1.29 is 19.4 Å². The maximum Gasteiger partial charge on any atom is 0.307 e. The summed E-state index contributed by atoms with van der Waals surface area (Å²) in [6.07, 6.45) is 2.77. The number of carbonyl (C=O) groups excluding carboxylic acids is 1. The third kappa shape index (κ3) is 6.33. The number of benzene rings is 1. The van der Waals surface area contributed by atoms with E-state index in [0.29, 0.717) is 31.2 Å². The number of ether oxygens (including phenoxy) is 1. The van der Waals surface area contributed by atoms with Crippen LogP contribution in [0, 0.1) is 11.8 Å². The number of carbonyl (C=O) groups is 2. The molecule has 0 radical (unpaired) electrons. The molecule has 2 rings (SSSR count). The molecule has 1 fully saturated rings. The highest BCUT2D eigenvalue weighted by molar-refractivity contribution is 5.78. The molecule has 0 bridgehead atoms. The van der Waals surface area contributed by atoms with Crippen LogP contribution in [0.2, 0.25) is 0 Å². The Bertz CT molecular complexity index is 597. The Hall–Kier alpha value is -2.08. The predicted molar refractivity (Wildman–Crippen MR) is 100 cm³/mol. The van der Waals surface area contributed by atoms with Gasteiger partial charge in [-0.05, 0) is 31.2 Å². The Balaban J connectivity index is 1.85. The van der Waals surface area contributed by atoms with Crippen LogP contribution in [0.1, 0.15) is 38.7 Å². The summed E-state index contributed by atoms with van der Waals surface area (Å²) in [5.74, 6) is -0.145. The highest BCUT2D eigenvalue weighted by atomic mass is 16.5. The number of carboxylic acid groups (broad SMARTS) is 1. The molecule has 6 heteroatoms. The van der Waals surface area contributed by atoms with Crippen molar-refractivity contribution in [2.75, 3.05) is 26.2 Å². The van der Waals surface area contributed by atoms with Crippen molar-refractivity contribution in [2.45, 2.75) is 39.7 Å². The third-order valence-corrected chi connectivity index (χ3v) is 4.59. The van der Waals surface area contributed by atoms with Crippen molar-refractivity contribution in [2.24, 2.45) is 11.8 Å². The van der Waals surface area contributed by atoms with E-state index < -0.39 is 11.9 Å². The van der Waals surface area contributed by atoms with Crippen molar-refractivity contribution in [1.82, 2.24) is 10.2 Å². The Morgan fingerprint density at radius 1 is 1.23 bits per heavy atom. The van der Waals surface area contributed by atoms with Crippen LogP contribution in [0.15, 0.2) is 24.3 Å². The molecule has 1 atom stereocenters. The topological polar surface area (TPSA) is 78.9 Å². The van der Waals surface area contributed by atoms with E-state index >= 15 is 0 Å². The summed E-state index contributed by atoms with van der Waals surface area (Å²) in [5, 5.41) is 12.5. The van der Waals surface area contributed by atoms with E-state index in [2.05, 4.69) is 5.32 Å². The third-order valence-electron chi connectivity index (χ3n) is 4.59. The zero-order chi connectivity index (χ0) is 18.9. The lowest BCUT2D eigenvalue weighted by molar-refractivity contribution is -0.142. The van der Waals surface area contributed by atoms with E-state index in [1.54, 1.807) is 0 Å². The number of nitrogens with zero attached hydrogens (tertiary/aromatic N) is 1. The van der Waals surface area contributed by atoms with Crippen LogP contribution < -0.4 is 10.1 Å². The summed E-state index contributed by atoms with van der Waals surface area (Å²) in [5.41, 5.74) is 0.926. The van der Waals surface area contributed by atoms with Gasteiger partial charge in [-0.3, -0.25) is 9.59 Å². The minimum atomic E-state index is -0.771. The number of amides is 1. The van der Waals surface area contributed by atoms with Crippen LogP contribution in [0.25, 0.3) is 0 Å². The molecule has 0 aromatic heterocycles. The number of likely N-dealkylation sites (tertiary alicyclic amines) is 1. The van der Waals surface area contributed by atoms with Crippen molar-refractivity contribution in [3.8, 4) is 5.75 Å². The average molecular weight is 362 g/mol. The smallest absolute Gasteiger partial charge is 0.307 e. The fraction of sp³-hybridized carbons (Fsp3) is 0.600. The quantitative estimate of drug-likeness (QED) is 0.669. The highest BCUT2D eigenvalue weighted by Gasteiger charge is 2.20. The van der Waals surface area contributed by atoms with Gasteiger partial charge in [-0.25, -0.2) is 0 Å². The molecule has 1 heterocycles. The van der Waals surface area contributed by atoms with E-state index in [1.165, 1.54) is 0 Å². The van der Waals surface area contributed by atoms with Crippen LogP contribution in [-0.2, 0) is 16.1 Å². The minimum Gasteiger partial charge on any atom is -0.483 e. The fourth-order valence-corrected chi connectivity index (χ4v) is 3.21. The molecule has 1 unspecified atom stereocenters. The second-order valence-corrected chi connectivity index (χ2v) is 7.28. The molecule has 1 aliphatic rings. The summed E-state index contributed by atoms with van der Waals surface area (Å²) in [6, 6.07) is 7.56. The summed E-state index contributed by atoms with van der Waals surface area (Å²) < 4.78 is 5.73.